The van der Waals surface area contributed by atoms with Crippen molar-refractivity contribution >= 4 is 39.0 Å². The lowest BCUT2D eigenvalue weighted by molar-refractivity contribution is 0.0956. The number of aromatic hydroxyl groups is 1. The van der Waals surface area contributed by atoms with Gasteiger partial charge in [-0.15, -0.1) is 0 Å². The van der Waals surface area contributed by atoms with E-state index >= 15 is 0 Å². The van der Waals surface area contributed by atoms with E-state index in [0.717, 1.165) is 10.0 Å². The summed E-state index contributed by atoms with van der Waals surface area (Å²) >= 11 is 3.35. The number of phenols is 1. The Balaban J connectivity index is 1.72. The highest BCUT2D eigenvalue weighted by molar-refractivity contribution is 9.10. The van der Waals surface area contributed by atoms with Gasteiger partial charge in [0.25, 0.3) is 5.91 Å². The number of ether oxygens (including phenoxy) is 1. The van der Waals surface area contributed by atoms with Crippen LogP contribution in [0.25, 0.3) is 22.2 Å². The lowest BCUT2D eigenvalue weighted by Gasteiger charge is -2.10. The predicted molar refractivity (Wildman–Crippen MR) is 125 cm³/mol. The number of nitrogens with one attached hydrogen (secondary N) is 1. The van der Waals surface area contributed by atoms with Crippen LogP contribution in [0.3, 0.4) is 0 Å². The summed E-state index contributed by atoms with van der Waals surface area (Å²) in [6.07, 6.45) is 1.39. The fourth-order valence-corrected chi connectivity index (χ4v) is 3.50. The van der Waals surface area contributed by atoms with E-state index in [1.54, 1.807) is 43.5 Å². The molecule has 0 fully saturated rings. The van der Waals surface area contributed by atoms with Gasteiger partial charge in [0, 0.05) is 21.0 Å². The monoisotopic (exact) mass is 475 g/mol. The molecule has 154 valence electrons. The summed E-state index contributed by atoms with van der Waals surface area (Å²) in [5, 5.41) is 14.6. The first-order chi connectivity index (χ1) is 15.0. The van der Waals surface area contributed by atoms with Crippen LogP contribution in [0.1, 0.15) is 15.9 Å². The number of benzene rings is 3. The highest BCUT2D eigenvalue weighted by atomic mass is 79.9. The van der Waals surface area contributed by atoms with Crippen LogP contribution in [0.2, 0.25) is 0 Å². The number of rotatable bonds is 5. The summed E-state index contributed by atoms with van der Waals surface area (Å²) in [6.45, 7) is 0. The van der Waals surface area contributed by atoms with Crippen molar-refractivity contribution < 1.29 is 14.6 Å². The zero-order valence-corrected chi connectivity index (χ0v) is 18.1. The molecule has 6 nitrogen and oxygen atoms in total. The third-order valence-corrected chi connectivity index (χ3v) is 5.18. The van der Waals surface area contributed by atoms with E-state index in [1.165, 1.54) is 6.21 Å². The van der Waals surface area contributed by atoms with Crippen molar-refractivity contribution in [2.24, 2.45) is 5.10 Å². The molecular formula is C24H18BrN3O3. The molecule has 0 radical (unpaired) electrons. The Morgan fingerprint density at radius 2 is 1.90 bits per heavy atom. The number of hydrogen-bond acceptors (Lipinski definition) is 5. The molecule has 0 bridgehead atoms. The second kappa shape index (κ2) is 8.97. The highest BCUT2D eigenvalue weighted by Crippen LogP contribution is 2.28. The van der Waals surface area contributed by atoms with Gasteiger partial charge in [0.2, 0.25) is 0 Å². The summed E-state index contributed by atoms with van der Waals surface area (Å²) in [7, 11) is 1.57. The van der Waals surface area contributed by atoms with Crippen molar-refractivity contribution in [3.05, 3.63) is 88.4 Å². The fraction of sp³-hybridized carbons (Fsp3) is 0.0417. The normalized spacial score (nSPS) is 11.0. The summed E-state index contributed by atoms with van der Waals surface area (Å²) in [5.41, 5.74) is 5.67. The largest absolute Gasteiger partial charge is 0.507 e. The summed E-state index contributed by atoms with van der Waals surface area (Å²) in [5.74, 6) is 0.286. The maximum Gasteiger partial charge on any atom is 0.272 e. The van der Waals surface area contributed by atoms with Crippen LogP contribution in [0.5, 0.6) is 11.5 Å². The Kier molecular flexibility index (Phi) is 5.95. The van der Waals surface area contributed by atoms with Crippen molar-refractivity contribution in [1.29, 1.82) is 0 Å². The number of fused-ring (bicyclic) bond motifs is 1. The molecule has 1 amide bonds. The molecule has 1 aromatic heterocycles. The van der Waals surface area contributed by atoms with Crippen LogP contribution in [-0.4, -0.2) is 29.3 Å². The van der Waals surface area contributed by atoms with Crippen LogP contribution in [0, 0.1) is 0 Å². The van der Waals surface area contributed by atoms with Gasteiger partial charge in [0.1, 0.15) is 11.5 Å². The van der Waals surface area contributed by atoms with Gasteiger partial charge in [-0.3, -0.25) is 4.79 Å². The SMILES string of the molecule is COc1ccc2nc(-c3ccccc3)cc(C(=O)NN=Cc3cc(Br)ccc3O)c2c1. The first-order valence-corrected chi connectivity index (χ1v) is 10.2. The minimum absolute atomic E-state index is 0.0617. The molecule has 4 rings (SSSR count). The molecule has 0 atom stereocenters. The molecule has 0 unspecified atom stereocenters. The number of carbonyl (C=O) groups excluding carboxylic acids is 1. The Bertz CT molecular complexity index is 1290. The molecule has 4 aromatic rings. The lowest BCUT2D eigenvalue weighted by Crippen LogP contribution is -2.18. The molecule has 0 aliphatic carbocycles. The summed E-state index contributed by atoms with van der Waals surface area (Å²) in [4.78, 5) is 17.7. The van der Waals surface area contributed by atoms with E-state index in [2.05, 4.69) is 26.5 Å². The Morgan fingerprint density at radius 1 is 1.10 bits per heavy atom. The smallest absolute Gasteiger partial charge is 0.272 e. The van der Waals surface area contributed by atoms with Gasteiger partial charge < -0.3 is 9.84 Å². The van der Waals surface area contributed by atoms with Crippen LogP contribution in [0.15, 0.2) is 82.4 Å². The maximum atomic E-state index is 13.0. The number of pyridine rings is 1. The molecular weight excluding hydrogens is 458 g/mol. The van der Waals surface area contributed by atoms with Crippen molar-refractivity contribution in [3.63, 3.8) is 0 Å². The van der Waals surface area contributed by atoms with Crippen LogP contribution >= 0.6 is 15.9 Å². The van der Waals surface area contributed by atoms with Crippen molar-refractivity contribution in [2.75, 3.05) is 7.11 Å². The Morgan fingerprint density at radius 3 is 2.68 bits per heavy atom. The number of nitrogens with zero attached hydrogens (tertiary/aromatic N) is 2. The van der Waals surface area contributed by atoms with E-state index in [4.69, 9.17) is 9.72 Å². The third-order valence-electron chi connectivity index (χ3n) is 4.69. The standard InChI is InChI=1S/C24H18BrN3O3/c1-31-18-8-9-21-19(12-18)20(13-22(27-21)15-5-3-2-4-6-15)24(30)28-26-14-16-11-17(25)7-10-23(16)29/h2-14,29H,1H3,(H,28,30). The summed E-state index contributed by atoms with van der Waals surface area (Å²) < 4.78 is 6.10. The zero-order valence-electron chi connectivity index (χ0n) is 16.5. The average Bonchev–Trinajstić information content (AvgIpc) is 2.80. The Labute approximate surface area is 187 Å². The van der Waals surface area contributed by atoms with Crippen LogP contribution in [0.4, 0.5) is 0 Å². The predicted octanol–water partition coefficient (Wildman–Crippen LogP) is 5.14. The van der Waals surface area contributed by atoms with Crippen molar-refractivity contribution in [1.82, 2.24) is 10.4 Å². The third kappa shape index (κ3) is 4.57. The van der Waals surface area contributed by atoms with Gasteiger partial charge in [-0.25, -0.2) is 10.4 Å². The molecule has 0 aliphatic rings. The second-order valence-electron chi connectivity index (χ2n) is 6.71. The van der Waals surface area contributed by atoms with E-state index in [9.17, 15) is 9.90 Å². The van der Waals surface area contributed by atoms with Gasteiger partial charge in [-0.1, -0.05) is 46.3 Å². The Hall–Kier alpha value is -3.71. The molecule has 0 aliphatic heterocycles. The number of hydrazone groups is 1. The van der Waals surface area contributed by atoms with Gasteiger partial charge >= 0.3 is 0 Å². The zero-order chi connectivity index (χ0) is 21.8. The topological polar surface area (TPSA) is 83.8 Å². The molecule has 0 spiro atoms. The van der Waals surface area contributed by atoms with E-state index < -0.39 is 5.91 Å². The average molecular weight is 476 g/mol. The van der Waals surface area contributed by atoms with Crippen LogP contribution in [-0.2, 0) is 0 Å². The number of aromatic nitrogens is 1. The minimum Gasteiger partial charge on any atom is -0.507 e. The minimum atomic E-state index is -0.399. The molecule has 0 saturated heterocycles. The number of methoxy groups -OCH3 is 1. The molecule has 1 heterocycles. The number of hydrogen-bond donors (Lipinski definition) is 2. The van der Waals surface area contributed by atoms with Crippen molar-refractivity contribution in [3.8, 4) is 22.8 Å². The van der Waals surface area contributed by atoms with Gasteiger partial charge in [0.05, 0.1) is 30.1 Å². The molecule has 7 heteroatoms. The van der Waals surface area contributed by atoms with E-state index in [-0.39, 0.29) is 5.75 Å². The molecule has 0 saturated carbocycles. The van der Waals surface area contributed by atoms with Crippen LogP contribution < -0.4 is 10.2 Å². The fourth-order valence-electron chi connectivity index (χ4n) is 3.13. The number of phenolic OH excluding ortho intramolecular Hbond substituents is 1. The second-order valence-corrected chi connectivity index (χ2v) is 7.62. The maximum absolute atomic E-state index is 13.0. The lowest BCUT2D eigenvalue weighted by atomic mass is 10.0. The highest BCUT2D eigenvalue weighted by Gasteiger charge is 2.15. The van der Waals surface area contributed by atoms with Gasteiger partial charge in [-0.2, -0.15) is 5.10 Å². The van der Waals surface area contributed by atoms with Gasteiger partial charge in [0.15, 0.2) is 0 Å². The number of halogens is 1. The molecule has 3 aromatic carbocycles. The van der Waals surface area contributed by atoms with E-state index in [0.29, 0.717) is 33.5 Å². The first kappa shape index (κ1) is 20.6. The summed E-state index contributed by atoms with van der Waals surface area (Å²) in [6, 6.07) is 21.7. The van der Waals surface area contributed by atoms with E-state index in [1.807, 2.05) is 36.4 Å². The first-order valence-electron chi connectivity index (χ1n) is 9.41. The van der Waals surface area contributed by atoms with Gasteiger partial charge in [-0.05, 0) is 42.5 Å². The molecule has 31 heavy (non-hydrogen) atoms. The quantitative estimate of drug-likeness (QED) is 0.309. The van der Waals surface area contributed by atoms with Crippen molar-refractivity contribution in [2.45, 2.75) is 0 Å². The number of amides is 1. The molecule has 2 N–H and O–H groups in total. The number of carbonyl (C=O) groups is 1.